The Labute approximate surface area is 182 Å². The number of anilines is 1. The van der Waals surface area contributed by atoms with Gasteiger partial charge in [-0.1, -0.05) is 53.7 Å². The highest BCUT2D eigenvalue weighted by molar-refractivity contribution is 6.09. The van der Waals surface area contributed by atoms with Gasteiger partial charge in [0.2, 0.25) is 0 Å². The van der Waals surface area contributed by atoms with E-state index >= 15 is 0 Å². The fourth-order valence-corrected chi connectivity index (χ4v) is 3.18. The van der Waals surface area contributed by atoms with Crippen LogP contribution in [0.4, 0.5) is 5.69 Å². The average Bonchev–Trinajstić information content (AvgIpc) is 2.79. The third-order valence-electron chi connectivity index (χ3n) is 4.80. The van der Waals surface area contributed by atoms with Crippen molar-refractivity contribution in [2.24, 2.45) is 5.16 Å². The lowest BCUT2D eigenvalue weighted by molar-refractivity contribution is 0.102. The van der Waals surface area contributed by atoms with Gasteiger partial charge in [-0.05, 0) is 52.5 Å². The van der Waals surface area contributed by atoms with Gasteiger partial charge in [0.25, 0.3) is 5.91 Å². The number of carbonyl (C=O) groups excluding carboxylic acids is 1. The van der Waals surface area contributed by atoms with Crippen molar-refractivity contribution >= 4 is 17.3 Å². The third kappa shape index (κ3) is 5.96. The molecule has 3 aromatic rings. The lowest BCUT2D eigenvalue weighted by Crippen LogP contribution is -2.18. The standard InChI is InChI=1S/C24H27N5O2/c1-17(28-31)20-13-7-8-14-21(20)27-24(30)22-16-19(12-9-15-29(2)3)25-23(26-22)18-10-5-4-6-11-18/h4-8,10-11,13-14,16,31H,9,12,15H2,1-3H3,(H,27,30)/b28-17-. The van der Waals surface area contributed by atoms with E-state index in [2.05, 4.69) is 25.3 Å². The van der Waals surface area contributed by atoms with Gasteiger partial charge < -0.3 is 15.4 Å². The predicted octanol–water partition coefficient (Wildman–Crippen LogP) is 4.09. The predicted molar refractivity (Wildman–Crippen MR) is 123 cm³/mol. The lowest BCUT2D eigenvalue weighted by atomic mass is 10.1. The number of para-hydroxylation sites is 1. The van der Waals surface area contributed by atoms with Crippen molar-refractivity contribution < 1.29 is 10.0 Å². The molecule has 0 aliphatic rings. The van der Waals surface area contributed by atoms with E-state index in [4.69, 9.17) is 5.21 Å². The molecule has 1 aromatic heterocycles. The molecule has 0 spiro atoms. The molecule has 0 saturated carbocycles. The van der Waals surface area contributed by atoms with Crippen LogP contribution in [0.25, 0.3) is 11.4 Å². The summed E-state index contributed by atoms with van der Waals surface area (Å²) < 4.78 is 0. The van der Waals surface area contributed by atoms with Crippen molar-refractivity contribution in [2.45, 2.75) is 19.8 Å². The van der Waals surface area contributed by atoms with Gasteiger partial charge in [-0.2, -0.15) is 0 Å². The van der Waals surface area contributed by atoms with Crippen molar-refractivity contribution in [3.8, 4) is 11.4 Å². The first kappa shape index (κ1) is 22.1. The smallest absolute Gasteiger partial charge is 0.274 e. The maximum absolute atomic E-state index is 13.1. The summed E-state index contributed by atoms with van der Waals surface area (Å²) >= 11 is 0. The summed E-state index contributed by atoms with van der Waals surface area (Å²) in [5.74, 6) is 0.182. The number of carbonyl (C=O) groups is 1. The maximum atomic E-state index is 13.1. The van der Waals surface area contributed by atoms with Crippen molar-refractivity contribution in [1.82, 2.24) is 14.9 Å². The highest BCUT2D eigenvalue weighted by Gasteiger charge is 2.15. The van der Waals surface area contributed by atoms with Crippen molar-refractivity contribution in [3.63, 3.8) is 0 Å². The third-order valence-corrected chi connectivity index (χ3v) is 4.80. The number of nitrogens with one attached hydrogen (secondary N) is 1. The minimum Gasteiger partial charge on any atom is -0.411 e. The molecule has 0 atom stereocenters. The molecule has 7 heteroatoms. The molecule has 3 rings (SSSR count). The topological polar surface area (TPSA) is 90.7 Å². The molecule has 0 saturated heterocycles. The number of nitrogens with zero attached hydrogens (tertiary/aromatic N) is 4. The number of oxime groups is 1. The molecule has 7 nitrogen and oxygen atoms in total. The molecule has 2 N–H and O–H groups in total. The Morgan fingerprint density at radius 3 is 2.48 bits per heavy atom. The molecule has 1 amide bonds. The molecule has 0 aliphatic heterocycles. The van der Waals surface area contributed by atoms with E-state index in [-0.39, 0.29) is 5.91 Å². The van der Waals surface area contributed by atoms with E-state index in [0.29, 0.717) is 28.5 Å². The highest BCUT2D eigenvalue weighted by Crippen LogP contribution is 2.20. The molecule has 160 valence electrons. The normalized spacial score (nSPS) is 11.5. The van der Waals surface area contributed by atoms with Crippen molar-refractivity contribution in [1.29, 1.82) is 0 Å². The van der Waals surface area contributed by atoms with Crippen LogP contribution in [0.3, 0.4) is 0 Å². The summed E-state index contributed by atoms with van der Waals surface area (Å²) in [6, 6.07) is 18.5. The Morgan fingerprint density at radius 1 is 1.06 bits per heavy atom. The molecule has 0 bridgehead atoms. The number of aromatic nitrogens is 2. The largest absolute Gasteiger partial charge is 0.411 e. The molecule has 0 unspecified atom stereocenters. The average molecular weight is 418 g/mol. The summed E-state index contributed by atoms with van der Waals surface area (Å²) in [4.78, 5) is 24.4. The molecule has 0 radical (unpaired) electrons. The first-order valence-corrected chi connectivity index (χ1v) is 10.2. The summed E-state index contributed by atoms with van der Waals surface area (Å²) in [7, 11) is 4.06. The molecule has 2 aromatic carbocycles. The van der Waals surface area contributed by atoms with Gasteiger partial charge in [0, 0.05) is 16.8 Å². The van der Waals surface area contributed by atoms with Gasteiger partial charge in [0.05, 0.1) is 11.4 Å². The molecular weight excluding hydrogens is 390 g/mol. The van der Waals surface area contributed by atoms with Crippen LogP contribution in [0, 0.1) is 0 Å². The van der Waals surface area contributed by atoms with Gasteiger partial charge >= 0.3 is 0 Å². The zero-order chi connectivity index (χ0) is 22.2. The summed E-state index contributed by atoms with van der Waals surface area (Å²) in [5.41, 5.74) is 3.57. The second-order valence-corrected chi connectivity index (χ2v) is 7.53. The number of aryl methyl sites for hydroxylation is 1. The van der Waals surface area contributed by atoms with Gasteiger partial charge in [-0.3, -0.25) is 4.79 Å². The molecule has 1 heterocycles. The monoisotopic (exact) mass is 417 g/mol. The number of amides is 1. The fraction of sp³-hybridized carbons (Fsp3) is 0.250. The lowest BCUT2D eigenvalue weighted by Gasteiger charge is -2.12. The van der Waals surface area contributed by atoms with Crippen molar-refractivity contribution in [2.75, 3.05) is 26.0 Å². The fourth-order valence-electron chi connectivity index (χ4n) is 3.18. The first-order chi connectivity index (χ1) is 15.0. The maximum Gasteiger partial charge on any atom is 0.274 e. The van der Waals surface area contributed by atoms with Crippen LogP contribution in [0.1, 0.15) is 35.1 Å². The Hall–Kier alpha value is -3.58. The van der Waals surface area contributed by atoms with Gasteiger partial charge in [0.1, 0.15) is 5.69 Å². The highest BCUT2D eigenvalue weighted by atomic mass is 16.4. The van der Waals surface area contributed by atoms with Crippen LogP contribution in [0.2, 0.25) is 0 Å². The Bertz CT molecular complexity index is 1060. The van der Waals surface area contributed by atoms with E-state index < -0.39 is 0 Å². The van der Waals surface area contributed by atoms with E-state index in [0.717, 1.165) is 30.6 Å². The van der Waals surface area contributed by atoms with E-state index in [1.165, 1.54) is 0 Å². The van der Waals surface area contributed by atoms with Gasteiger partial charge in [-0.25, -0.2) is 9.97 Å². The molecule has 31 heavy (non-hydrogen) atoms. The van der Waals surface area contributed by atoms with Crippen LogP contribution in [0.5, 0.6) is 0 Å². The zero-order valence-electron chi connectivity index (χ0n) is 18.0. The number of hydrogen-bond donors (Lipinski definition) is 2. The number of hydrogen-bond acceptors (Lipinski definition) is 6. The van der Waals surface area contributed by atoms with E-state index in [9.17, 15) is 4.79 Å². The summed E-state index contributed by atoms with van der Waals surface area (Å²) in [6.07, 6.45) is 1.67. The number of benzene rings is 2. The molecular formula is C24H27N5O2. The molecule has 0 fully saturated rings. The van der Waals surface area contributed by atoms with Gasteiger partial charge in [-0.15, -0.1) is 0 Å². The zero-order valence-corrected chi connectivity index (χ0v) is 18.0. The van der Waals surface area contributed by atoms with Crippen LogP contribution in [0.15, 0.2) is 65.8 Å². The number of rotatable bonds is 8. The van der Waals surface area contributed by atoms with Gasteiger partial charge in [0.15, 0.2) is 5.82 Å². The van der Waals surface area contributed by atoms with Crippen molar-refractivity contribution in [3.05, 3.63) is 77.6 Å². The van der Waals surface area contributed by atoms with Crippen LogP contribution in [-0.2, 0) is 6.42 Å². The van der Waals surface area contributed by atoms with E-state index in [1.54, 1.807) is 25.1 Å². The minimum atomic E-state index is -0.341. The second kappa shape index (κ2) is 10.4. The van der Waals surface area contributed by atoms with Crippen LogP contribution >= 0.6 is 0 Å². The summed E-state index contributed by atoms with van der Waals surface area (Å²) in [5, 5.41) is 15.3. The van der Waals surface area contributed by atoms with Crippen LogP contribution in [-0.4, -0.2) is 52.3 Å². The van der Waals surface area contributed by atoms with Crippen LogP contribution < -0.4 is 5.32 Å². The quantitative estimate of drug-likeness (QED) is 0.327. The second-order valence-electron chi connectivity index (χ2n) is 7.53. The SMILES string of the molecule is C/C(=N/O)c1ccccc1NC(=O)c1cc(CCCN(C)C)nc(-c2ccccc2)n1. The Balaban J connectivity index is 1.93. The molecule has 0 aliphatic carbocycles. The Morgan fingerprint density at radius 2 is 1.77 bits per heavy atom. The Kier molecular flexibility index (Phi) is 7.45. The minimum absolute atomic E-state index is 0.294. The van der Waals surface area contributed by atoms with E-state index in [1.807, 2.05) is 56.6 Å². The first-order valence-electron chi connectivity index (χ1n) is 10.2. The summed E-state index contributed by atoms with van der Waals surface area (Å²) in [6.45, 7) is 2.60.